The number of aromatic nitrogens is 1. The molecule has 2 aliphatic rings. The third kappa shape index (κ3) is 5.19. The summed E-state index contributed by atoms with van der Waals surface area (Å²) in [6.45, 7) is 0. The van der Waals surface area contributed by atoms with Crippen molar-refractivity contribution in [3.05, 3.63) is 265 Å². The first-order valence-electron chi connectivity index (χ1n) is 21.8. The molecule has 10 aromatic carbocycles. The lowest BCUT2D eigenvalue weighted by Gasteiger charge is -2.32. The smallest absolute Gasteiger partial charge is 0.0782 e. The molecule has 0 fully saturated rings. The van der Waals surface area contributed by atoms with E-state index in [0.29, 0.717) is 0 Å². The minimum absolute atomic E-state index is 0.474. The van der Waals surface area contributed by atoms with E-state index >= 15 is 0 Å². The number of para-hydroxylation sites is 2. The Morgan fingerprint density at radius 1 is 0.317 bits per heavy atom. The molecule has 0 saturated carbocycles. The molecule has 13 rings (SSSR count). The molecule has 1 spiro atoms. The second kappa shape index (κ2) is 13.9. The molecule has 0 N–H and O–H groups in total. The Balaban J connectivity index is 1.15. The molecule has 0 radical (unpaired) electrons. The van der Waals surface area contributed by atoms with Gasteiger partial charge < -0.3 is 9.47 Å². The van der Waals surface area contributed by atoms with Crippen molar-refractivity contribution < 1.29 is 0 Å². The number of benzene rings is 10. The summed E-state index contributed by atoms with van der Waals surface area (Å²) in [5.74, 6) is 0. The predicted octanol–water partition coefficient (Wildman–Crippen LogP) is 15.9. The molecule has 294 valence electrons. The van der Waals surface area contributed by atoms with Crippen LogP contribution in [0.15, 0.2) is 243 Å². The van der Waals surface area contributed by atoms with Crippen LogP contribution in [-0.4, -0.2) is 4.57 Å². The molecular weight excluding hydrogens is 761 g/mol. The molecule has 1 aromatic heterocycles. The van der Waals surface area contributed by atoms with Gasteiger partial charge in [0.05, 0.1) is 22.1 Å². The molecule has 0 saturated heterocycles. The molecule has 63 heavy (non-hydrogen) atoms. The summed E-state index contributed by atoms with van der Waals surface area (Å²) in [7, 11) is 0. The van der Waals surface area contributed by atoms with Gasteiger partial charge in [0, 0.05) is 27.8 Å². The van der Waals surface area contributed by atoms with Crippen LogP contribution < -0.4 is 4.90 Å². The van der Waals surface area contributed by atoms with Gasteiger partial charge in [-0.25, -0.2) is 0 Å². The number of anilines is 3. The van der Waals surface area contributed by atoms with Crippen LogP contribution in [0.2, 0.25) is 0 Å². The van der Waals surface area contributed by atoms with Crippen LogP contribution in [0.5, 0.6) is 0 Å². The summed E-state index contributed by atoms with van der Waals surface area (Å²) in [6.07, 6.45) is 0. The first kappa shape index (κ1) is 35.5. The van der Waals surface area contributed by atoms with Crippen molar-refractivity contribution >= 4 is 38.9 Å². The number of hydrogen-bond donors (Lipinski definition) is 0. The van der Waals surface area contributed by atoms with Crippen LogP contribution >= 0.6 is 0 Å². The lowest BCUT2D eigenvalue weighted by atomic mass is 9.70. The van der Waals surface area contributed by atoms with E-state index in [4.69, 9.17) is 0 Å². The minimum Gasteiger partial charge on any atom is -0.308 e. The third-order valence-corrected chi connectivity index (χ3v) is 13.6. The van der Waals surface area contributed by atoms with E-state index < -0.39 is 5.41 Å². The maximum atomic E-state index is 2.52. The molecule has 1 heterocycles. The Morgan fingerprint density at radius 3 is 1.41 bits per heavy atom. The zero-order valence-electron chi connectivity index (χ0n) is 34.5. The summed E-state index contributed by atoms with van der Waals surface area (Å²) >= 11 is 0. The molecule has 0 unspecified atom stereocenters. The van der Waals surface area contributed by atoms with E-state index in [1.165, 1.54) is 83.1 Å². The van der Waals surface area contributed by atoms with Gasteiger partial charge in [0.1, 0.15) is 0 Å². The normalized spacial score (nSPS) is 12.9. The largest absolute Gasteiger partial charge is 0.308 e. The van der Waals surface area contributed by atoms with Crippen LogP contribution in [0.1, 0.15) is 22.3 Å². The first-order valence-corrected chi connectivity index (χ1v) is 21.8. The summed E-state index contributed by atoms with van der Waals surface area (Å²) in [4.78, 5) is 2.52. The second-order valence-electron chi connectivity index (χ2n) is 16.8. The summed E-state index contributed by atoms with van der Waals surface area (Å²) in [5.41, 5.74) is 21.5. The molecule has 0 bridgehead atoms. The van der Waals surface area contributed by atoms with Crippen molar-refractivity contribution in [2.75, 3.05) is 4.90 Å². The molecule has 0 aliphatic heterocycles. The number of fused-ring (bicyclic) bond motifs is 13. The number of nitrogens with zero attached hydrogens (tertiary/aromatic N) is 2. The number of hydrogen-bond acceptors (Lipinski definition) is 1. The van der Waals surface area contributed by atoms with Crippen LogP contribution in [-0.2, 0) is 5.41 Å². The highest BCUT2D eigenvalue weighted by atomic mass is 15.2. The fraction of sp³-hybridized carbons (Fsp3) is 0.0164. The van der Waals surface area contributed by atoms with Crippen molar-refractivity contribution in [1.82, 2.24) is 4.57 Å². The van der Waals surface area contributed by atoms with Gasteiger partial charge in [-0.2, -0.15) is 0 Å². The Morgan fingerprint density at radius 2 is 0.794 bits per heavy atom. The van der Waals surface area contributed by atoms with Gasteiger partial charge in [0.15, 0.2) is 0 Å². The van der Waals surface area contributed by atoms with E-state index in [2.05, 4.69) is 252 Å². The SMILES string of the molecule is c1ccc(-c2ccc(N(c3ccc4c(c3)C3(c5ccccc5-c5ccccc53)c3ccccc3-4)c3cc(-c4ccccc4)cc4c5ccccc5n(-c5ccccc5)c34)cc2)cc1. The highest BCUT2D eigenvalue weighted by Crippen LogP contribution is 2.63. The molecule has 2 nitrogen and oxygen atoms in total. The van der Waals surface area contributed by atoms with E-state index in [0.717, 1.165) is 28.3 Å². The lowest BCUT2D eigenvalue weighted by molar-refractivity contribution is 0.793. The molecule has 0 amide bonds. The molecular formula is C61H40N2. The van der Waals surface area contributed by atoms with Crippen LogP contribution in [0.3, 0.4) is 0 Å². The van der Waals surface area contributed by atoms with Crippen molar-refractivity contribution in [3.63, 3.8) is 0 Å². The topological polar surface area (TPSA) is 8.17 Å². The van der Waals surface area contributed by atoms with Crippen molar-refractivity contribution in [1.29, 1.82) is 0 Å². The minimum atomic E-state index is -0.474. The van der Waals surface area contributed by atoms with Crippen molar-refractivity contribution in [2.24, 2.45) is 0 Å². The zero-order chi connectivity index (χ0) is 41.5. The quantitative estimate of drug-likeness (QED) is 0.163. The molecule has 0 atom stereocenters. The first-order chi connectivity index (χ1) is 31.3. The van der Waals surface area contributed by atoms with Gasteiger partial charge in [0.2, 0.25) is 0 Å². The monoisotopic (exact) mass is 800 g/mol. The second-order valence-corrected chi connectivity index (χ2v) is 16.8. The average Bonchev–Trinajstić information content (AvgIpc) is 3.97. The lowest BCUT2D eigenvalue weighted by Crippen LogP contribution is -2.26. The maximum absolute atomic E-state index is 2.52. The number of rotatable bonds is 6. The van der Waals surface area contributed by atoms with Gasteiger partial charge in [0.25, 0.3) is 0 Å². The maximum Gasteiger partial charge on any atom is 0.0782 e. The summed E-state index contributed by atoms with van der Waals surface area (Å²) in [6, 6.07) is 89.7. The molecule has 2 aliphatic carbocycles. The highest BCUT2D eigenvalue weighted by Gasteiger charge is 2.51. The van der Waals surface area contributed by atoms with Crippen LogP contribution in [0.25, 0.3) is 72.0 Å². The van der Waals surface area contributed by atoms with E-state index in [1.54, 1.807) is 0 Å². The Hall–Kier alpha value is -8.20. The van der Waals surface area contributed by atoms with Crippen LogP contribution in [0.4, 0.5) is 17.1 Å². The average molecular weight is 801 g/mol. The third-order valence-electron chi connectivity index (χ3n) is 13.6. The van der Waals surface area contributed by atoms with E-state index in [9.17, 15) is 0 Å². The summed E-state index contributed by atoms with van der Waals surface area (Å²) < 4.78 is 2.47. The van der Waals surface area contributed by atoms with Gasteiger partial charge in [-0.3, -0.25) is 0 Å². The van der Waals surface area contributed by atoms with Crippen molar-refractivity contribution in [2.45, 2.75) is 5.41 Å². The highest BCUT2D eigenvalue weighted by molar-refractivity contribution is 6.16. The van der Waals surface area contributed by atoms with Gasteiger partial charge >= 0.3 is 0 Å². The fourth-order valence-corrected chi connectivity index (χ4v) is 11.0. The predicted molar refractivity (Wildman–Crippen MR) is 263 cm³/mol. The Kier molecular flexibility index (Phi) is 7.85. The standard InChI is InChI=1S/C61H40N2/c1-4-18-41(19-5-1)43-32-34-46(35-33-43)62(59-39-44(42-20-6-2-7-21-42)38-53-52-27-13-17-31-58(52)63(60(53)59)45-22-8-3-9-23-45)47-36-37-51-50-26-12-16-30-56(50)61(57(51)40-47)54-28-14-10-24-48(54)49-25-11-15-29-55(49)61/h1-40H. The van der Waals surface area contributed by atoms with Gasteiger partial charge in [-0.15, -0.1) is 0 Å². The van der Waals surface area contributed by atoms with Gasteiger partial charge in [-0.1, -0.05) is 188 Å². The fourth-order valence-electron chi connectivity index (χ4n) is 11.0. The van der Waals surface area contributed by atoms with E-state index in [1.807, 2.05) is 0 Å². The summed E-state index contributed by atoms with van der Waals surface area (Å²) in [5, 5.41) is 2.43. The van der Waals surface area contributed by atoms with Crippen LogP contribution in [0, 0.1) is 0 Å². The molecule has 11 aromatic rings. The van der Waals surface area contributed by atoms with Crippen molar-refractivity contribution in [3.8, 4) is 50.2 Å². The van der Waals surface area contributed by atoms with E-state index in [-0.39, 0.29) is 0 Å². The van der Waals surface area contributed by atoms with Gasteiger partial charge in [-0.05, 0) is 121 Å². The zero-order valence-corrected chi connectivity index (χ0v) is 34.5. The Labute approximate surface area is 367 Å². The molecule has 2 heteroatoms. The Bertz CT molecular complexity index is 3480.